The molecule has 17 heavy (non-hydrogen) atoms. The fraction of sp³-hybridized carbons (Fsp3) is 0.500. The van der Waals surface area contributed by atoms with Crippen LogP contribution in [0.4, 0.5) is 5.69 Å². The minimum Gasteiger partial charge on any atom is -0.480 e. The van der Waals surface area contributed by atoms with E-state index >= 15 is 0 Å². The van der Waals surface area contributed by atoms with Crippen molar-refractivity contribution in [3.05, 3.63) is 29.8 Å². The van der Waals surface area contributed by atoms with Gasteiger partial charge in [-0.05, 0) is 30.9 Å². The average Bonchev–Trinajstić information content (AvgIpc) is 2.36. The fourth-order valence-corrected chi connectivity index (χ4v) is 1.99. The van der Waals surface area contributed by atoms with Crippen molar-refractivity contribution in [1.29, 1.82) is 0 Å². The molecular weight excluding hydrogens is 214 g/mol. The Hall–Kier alpha value is -1.51. The number of carboxylic acids is 1. The van der Waals surface area contributed by atoms with Crippen LogP contribution >= 0.6 is 0 Å². The Labute approximate surface area is 103 Å². The van der Waals surface area contributed by atoms with Crippen molar-refractivity contribution < 1.29 is 9.90 Å². The number of rotatable bonds is 6. The Kier molecular flexibility index (Phi) is 4.55. The molecule has 0 spiro atoms. The van der Waals surface area contributed by atoms with Crippen molar-refractivity contribution in [2.45, 2.75) is 45.6 Å². The first-order valence-electron chi connectivity index (χ1n) is 6.19. The molecule has 94 valence electrons. The van der Waals surface area contributed by atoms with Gasteiger partial charge in [0.25, 0.3) is 0 Å². The molecule has 2 N–H and O–H groups in total. The van der Waals surface area contributed by atoms with E-state index in [0.29, 0.717) is 12.8 Å². The molecule has 0 saturated heterocycles. The Morgan fingerprint density at radius 2 is 1.82 bits per heavy atom. The largest absolute Gasteiger partial charge is 0.480 e. The molecule has 0 aromatic heterocycles. The Bertz CT molecular complexity index is 384. The predicted octanol–water partition coefficient (Wildman–Crippen LogP) is 3.30. The topological polar surface area (TPSA) is 49.3 Å². The van der Waals surface area contributed by atoms with E-state index in [1.54, 1.807) is 0 Å². The van der Waals surface area contributed by atoms with Gasteiger partial charge >= 0.3 is 5.97 Å². The summed E-state index contributed by atoms with van der Waals surface area (Å²) < 4.78 is 0. The zero-order valence-corrected chi connectivity index (χ0v) is 10.8. The van der Waals surface area contributed by atoms with E-state index in [0.717, 1.165) is 17.7 Å². The molecule has 0 amide bonds. The highest BCUT2D eigenvalue weighted by molar-refractivity contribution is 5.83. The first-order chi connectivity index (χ1) is 8.09. The summed E-state index contributed by atoms with van der Waals surface area (Å²) in [7, 11) is 0. The van der Waals surface area contributed by atoms with E-state index in [1.807, 2.05) is 38.1 Å². The van der Waals surface area contributed by atoms with Gasteiger partial charge in [0.15, 0.2) is 0 Å². The molecule has 1 aromatic rings. The van der Waals surface area contributed by atoms with Crippen LogP contribution in [0.5, 0.6) is 0 Å². The third-order valence-corrected chi connectivity index (χ3v) is 3.39. The summed E-state index contributed by atoms with van der Waals surface area (Å²) in [6.07, 6.45) is 2.03. The van der Waals surface area contributed by atoms with Gasteiger partial charge in [0.2, 0.25) is 0 Å². The molecule has 0 aliphatic heterocycles. The summed E-state index contributed by atoms with van der Waals surface area (Å²) in [5.41, 5.74) is 1.23. The van der Waals surface area contributed by atoms with Crippen LogP contribution in [0.1, 0.15) is 39.2 Å². The summed E-state index contributed by atoms with van der Waals surface area (Å²) in [6, 6.07) is 7.88. The number of carbonyl (C=O) groups is 1. The Balaban J connectivity index is 3.05. The summed E-state index contributed by atoms with van der Waals surface area (Å²) >= 11 is 0. The second-order valence-corrected chi connectivity index (χ2v) is 4.23. The lowest BCUT2D eigenvalue weighted by atomic mass is 9.92. The molecule has 0 heterocycles. The number of para-hydroxylation sites is 1. The minimum absolute atomic E-state index is 0.566. The van der Waals surface area contributed by atoms with Gasteiger partial charge in [-0.3, -0.25) is 0 Å². The number of hydrogen-bond donors (Lipinski definition) is 2. The van der Waals surface area contributed by atoms with Gasteiger partial charge in [-0.1, -0.05) is 39.0 Å². The van der Waals surface area contributed by atoms with Crippen LogP contribution in [-0.2, 0) is 11.2 Å². The molecule has 1 aromatic carbocycles. The maximum atomic E-state index is 11.4. The van der Waals surface area contributed by atoms with Crippen molar-refractivity contribution >= 4 is 11.7 Å². The first-order valence-corrected chi connectivity index (χ1v) is 6.19. The molecular formula is C14H21NO2. The first kappa shape index (κ1) is 13.6. The van der Waals surface area contributed by atoms with Crippen molar-refractivity contribution in [3.63, 3.8) is 0 Å². The molecule has 1 rings (SSSR count). The minimum atomic E-state index is -0.856. The molecule has 0 aliphatic carbocycles. The smallest absolute Gasteiger partial charge is 0.329 e. The lowest BCUT2D eigenvalue weighted by Crippen LogP contribution is -2.45. The number of benzene rings is 1. The van der Waals surface area contributed by atoms with Gasteiger partial charge in [0, 0.05) is 5.69 Å². The highest BCUT2D eigenvalue weighted by Gasteiger charge is 2.34. The van der Waals surface area contributed by atoms with Crippen molar-refractivity contribution in [2.75, 3.05) is 5.32 Å². The molecule has 0 radical (unpaired) electrons. The maximum Gasteiger partial charge on any atom is 0.329 e. The van der Waals surface area contributed by atoms with Crippen LogP contribution in [0, 0.1) is 0 Å². The van der Waals surface area contributed by atoms with E-state index in [-0.39, 0.29) is 0 Å². The SMILES string of the molecule is CCc1ccccc1NC(CC)(CC)C(=O)O. The number of hydrogen-bond acceptors (Lipinski definition) is 2. The van der Waals surface area contributed by atoms with Crippen LogP contribution in [0.25, 0.3) is 0 Å². The van der Waals surface area contributed by atoms with Gasteiger partial charge in [-0.2, -0.15) is 0 Å². The van der Waals surface area contributed by atoms with Crippen LogP contribution in [0.15, 0.2) is 24.3 Å². The summed E-state index contributed by atoms with van der Waals surface area (Å²) in [4.78, 5) is 11.4. The third-order valence-electron chi connectivity index (χ3n) is 3.39. The van der Waals surface area contributed by atoms with E-state index < -0.39 is 11.5 Å². The molecule has 0 saturated carbocycles. The zero-order chi connectivity index (χ0) is 12.9. The lowest BCUT2D eigenvalue weighted by molar-refractivity contribution is -0.142. The van der Waals surface area contributed by atoms with E-state index in [2.05, 4.69) is 12.2 Å². The van der Waals surface area contributed by atoms with Crippen LogP contribution in [-0.4, -0.2) is 16.6 Å². The van der Waals surface area contributed by atoms with Gasteiger partial charge < -0.3 is 10.4 Å². The van der Waals surface area contributed by atoms with Gasteiger partial charge in [0.1, 0.15) is 5.54 Å². The van der Waals surface area contributed by atoms with Gasteiger partial charge in [-0.25, -0.2) is 4.79 Å². The number of anilines is 1. The standard InChI is InChI=1S/C14H21NO2/c1-4-11-9-7-8-10-12(11)15-14(5-2,6-3)13(16)17/h7-10,15H,4-6H2,1-3H3,(H,16,17). The normalized spacial score (nSPS) is 11.2. The van der Waals surface area contributed by atoms with E-state index in [9.17, 15) is 9.90 Å². The molecule has 0 unspecified atom stereocenters. The lowest BCUT2D eigenvalue weighted by Gasteiger charge is -2.30. The molecule has 0 fully saturated rings. The second-order valence-electron chi connectivity index (χ2n) is 4.23. The highest BCUT2D eigenvalue weighted by atomic mass is 16.4. The van der Waals surface area contributed by atoms with Crippen molar-refractivity contribution in [1.82, 2.24) is 0 Å². The molecule has 3 heteroatoms. The molecule has 0 bridgehead atoms. The van der Waals surface area contributed by atoms with Crippen LogP contribution in [0.3, 0.4) is 0 Å². The maximum absolute atomic E-state index is 11.4. The number of carboxylic acid groups (broad SMARTS) is 1. The van der Waals surface area contributed by atoms with E-state index in [4.69, 9.17) is 0 Å². The average molecular weight is 235 g/mol. The summed E-state index contributed by atoms with van der Waals surface area (Å²) in [5, 5.41) is 12.6. The van der Waals surface area contributed by atoms with Crippen molar-refractivity contribution in [2.24, 2.45) is 0 Å². The highest BCUT2D eigenvalue weighted by Crippen LogP contribution is 2.25. The van der Waals surface area contributed by atoms with Crippen LogP contribution in [0.2, 0.25) is 0 Å². The summed E-state index contributed by atoms with van der Waals surface area (Å²) in [6.45, 7) is 5.87. The number of aryl methyl sites for hydroxylation is 1. The Morgan fingerprint density at radius 1 is 1.24 bits per heavy atom. The zero-order valence-electron chi connectivity index (χ0n) is 10.8. The fourth-order valence-electron chi connectivity index (χ4n) is 1.99. The Morgan fingerprint density at radius 3 is 2.29 bits per heavy atom. The number of nitrogens with one attached hydrogen (secondary N) is 1. The monoisotopic (exact) mass is 235 g/mol. The number of aliphatic carboxylic acids is 1. The molecule has 0 aliphatic rings. The van der Waals surface area contributed by atoms with Crippen LogP contribution < -0.4 is 5.32 Å². The third kappa shape index (κ3) is 2.78. The van der Waals surface area contributed by atoms with Crippen molar-refractivity contribution in [3.8, 4) is 0 Å². The molecule has 0 atom stereocenters. The second kappa shape index (κ2) is 5.71. The summed E-state index contributed by atoms with van der Waals surface area (Å²) in [5.74, 6) is -0.784. The van der Waals surface area contributed by atoms with E-state index in [1.165, 1.54) is 0 Å². The quantitative estimate of drug-likeness (QED) is 0.795. The molecule has 3 nitrogen and oxygen atoms in total. The van der Waals surface area contributed by atoms with Gasteiger partial charge in [0.05, 0.1) is 0 Å². The predicted molar refractivity (Wildman–Crippen MR) is 70.4 cm³/mol. The van der Waals surface area contributed by atoms with Gasteiger partial charge in [-0.15, -0.1) is 0 Å².